The predicted octanol–water partition coefficient (Wildman–Crippen LogP) is 1.18. The number of nitrogen functional groups attached to an aromatic ring is 1. The number of nitrogens with zero attached hydrogens (tertiary/aromatic N) is 2. The molecule has 1 aliphatic rings. The molecule has 1 aromatic rings. The number of nitrogens with one attached hydrogen (secondary N) is 2. The molecule has 7 nitrogen and oxygen atoms in total. The number of hydrazine groups is 1. The van der Waals surface area contributed by atoms with E-state index in [1.807, 2.05) is 20.8 Å². The molecule has 1 saturated heterocycles. The van der Waals surface area contributed by atoms with Gasteiger partial charge >= 0.3 is 0 Å². The Morgan fingerprint density at radius 1 is 1.43 bits per heavy atom. The number of nitrogens with two attached hydrogens (primary N) is 1. The number of hydrogen-bond donors (Lipinski definition) is 3. The molecule has 7 heteroatoms. The monoisotopic (exact) mass is 293 g/mol. The summed E-state index contributed by atoms with van der Waals surface area (Å²) in [4.78, 5) is 21.1. The number of anilines is 1. The van der Waals surface area contributed by atoms with Crippen molar-refractivity contribution in [3.05, 3.63) is 17.7 Å². The van der Waals surface area contributed by atoms with E-state index < -0.39 is 0 Å². The van der Waals surface area contributed by atoms with Crippen LogP contribution < -0.4 is 16.6 Å². The zero-order valence-corrected chi connectivity index (χ0v) is 12.8. The lowest BCUT2D eigenvalue weighted by Gasteiger charge is -2.34. The van der Waals surface area contributed by atoms with Gasteiger partial charge in [0.2, 0.25) is 0 Å². The molecule has 1 aromatic heterocycles. The van der Waals surface area contributed by atoms with Crippen LogP contribution in [0.2, 0.25) is 0 Å². The normalized spacial score (nSPS) is 17.6. The van der Waals surface area contributed by atoms with Crippen molar-refractivity contribution in [1.82, 2.24) is 15.3 Å². The van der Waals surface area contributed by atoms with E-state index in [0.717, 1.165) is 12.8 Å². The van der Waals surface area contributed by atoms with Gasteiger partial charge in [-0.1, -0.05) is 13.8 Å². The number of aromatic nitrogens is 2. The maximum absolute atomic E-state index is 12.5. The van der Waals surface area contributed by atoms with Crippen molar-refractivity contribution in [3.63, 3.8) is 0 Å². The van der Waals surface area contributed by atoms with Crippen LogP contribution in [0.3, 0.4) is 0 Å². The van der Waals surface area contributed by atoms with Crippen LogP contribution in [0, 0.1) is 0 Å². The van der Waals surface area contributed by atoms with Crippen molar-refractivity contribution in [1.29, 1.82) is 0 Å². The Labute approximate surface area is 124 Å². The van der Waals surface area contributed by atoms with E-state index in [2.05, 4.69) is 20.7 Å². The second-order valence-corrected chi connectivity index (χ2v) is 5.92. The summed E-state index contributed by atoms with van der Waals surface area (Å²) in [5, 5.41) is 3.05. The summed E-state index contributed by atoms with van der Waals surface area (Å²) >= 11 is 0. The van der Waals surface area contributed by atoms with Gasteiger partial charge in [-0.15, -0.1) is 0 Å². The fraction of sp³-hybridized carbons (Fsp3) is 0.643. The molecule has 2 rings (SSSR count). The number of carbonyl (C=O) groups is 1. The quantitative estimate of drug-likeness (QED) is 0.569. The van der Waals surface area contributed by atoms with Crippen LogP contribution in [0.4, 0.5) is 5.69 Å². The smallest absolute Gasteiger partial charge is 0.272 e. The highest BCUT2D eigenvalue weighted by molar-refractivity contribution is 5.97. The van der Waals surface area contributed by atoms with Crippen molar-refractivity contribution in [3.8, 4) is 0 Å². The molecule has 2 heterocycles. The zero-order valence-electron chi connectivity index (χ0n) is 12.8. The molecule has 0 bridgehead atoms. The van der Waals surface area contributed by atoms with Gasteiger partial charge in [-0.3, -0.25) is 10.6 Å². The molecule has 0 unspecified atom stereocenters. The van der Waals surface area contributed by atoms with E-state index in [9.17, 15) is 4.79 Å². The van der Waals surface area contributed by atoms with Gasteiger partial charge in [-0.25, -0.2) is 9.97 Å². The highest BCUT2D eigenvalue weighted by Gasteiger charge is 2.30. The van der Waals surface area contributed by atoms with Crippen molar-refractivity contribution in [2.75, 3.05) is 18.6 Å². The first-order valence-corrected chi connectivity index (χ1v) is 7.19. The summed E-state index contributed by atoms with van der Waals surface area (Å²) in [5.41, 5.74) is 2.91. The van der Waals surface area contributed by atoms with Crippen LogP contribution in [0.15, 0.2) is 6.20 Å². The third-order valence-electron chi connectivity index (χ3n) is 3.71. The van der Waals surface area contributed by atoms with E-state index in [4.69, 9.17) is 10.6 Å². The Balaban J connectivity index is 2.22. The van der Waals surface area contributed by atoms with Crippen LogP contribution in [0.5, 0.6) is 0 Å². The Morgan fingerprint density at radius 2 is 2.10 bits per heavy atom. The molecule has 0 saturated carbocycles. The van der Waals surface area contributed by atoms with E-state index in [-0.39, 0.29) is 23.1 Å². The summed E-state index contributed by atoms with van der Waals surface area (Å²) in [7, 11) is 0. The Morgan fingerprint density at radius 3 is 2.67 bits per heavy atom. The van der Waals surface area contributed by atoms with Gasteiger partial charge in [0.1, 0.15) is 5.82 Å². The van der Waals surface area contributed by atoms with Crippen LogP contribution in [-0.4, -0.2) is 34.6 Å². The molecule has 0 spiro atoms. The predicted molar refractivity (Wildman–Crippen MR) is 79.9 cm³/mol. The molecule has 1 amide bonds. The minimum Gasteiger partial charge on any atom is -0.381 e. The lowest BCUT2D eigenvalue weighted by Crippen LogP contribution is -2.50. The average molecular weight is 293 g/mol. The van der Waals surface area contributed by atoms with E-state index >= 15 is 0 Å². The van der Waals surface area contributed by atoms with E-state index in [1.54, 1.807) is 6.20 Å². The third kappa shape index (κ3) is 3.68. The number of rotatable bonds is 4. The van der Waals surface area contributed by atoms with E-state index in [0.29, 0.717) is 24.7 Å². The summed E-state index contributed by atoms with van der Waals surface area (Å²) in [6.07, 6.45) is 3.11. The van der Waals surface area contributed by atoms with Gasteiger partial charge < -0.3 is 15.5 Å². The Hall–Kier alpha value is -1.73. The number of amides is 1. The van der Waals surface area contributed by atoms with Gasteiger partial charge in [0, 0.05) is 24.7 Å². The summed E-state index contributed by atoms with van der Waals surface area (Å²) in [6.45, 7) is 7.28. The first kappa shape index (κ1) is 15.7. The standard InChI is InChI=1S/C14H23N5O2/c1-9(2)12-16-8-10(19-15)11(17-12)13(20)18-14(3)4-6-21-7-5-14/h8-9,19H,4-7,15H2,1-3H3,(H,18,20). The Kier molecular flexibility index (Phi) is 4.74. The maximum atomic E-state index is 12.5. The summed E-state index contributed by atoms with van der Waals surface area (Å²) in [5.74, 6) is 5.97. The van der Waals surface area contributed by atoms with Crippen molar-refractivity contribution in [2.45, 2.75) is 45.1 Å². The van der Waals surface area contributed by atoms with Gasteiger partial charge in [-0.2, -0.15) is 0 Å². The molecule has 1 aliphatic heterocycles. The summed E-state index contributed by atoms with van der Waals surface area (Å²) < 4.78 is 5.34. The number of ether oxygens (including phenoxy) is 1. The van der Waals surface area contributed by atoms with Crippen molar-refractivity contribution < 1.29 is 9.53 Å². The maximum Gasteiger partial charge on any atom is 0.272 e. The lowest BCUT2D eigenvalue weighted by molar-refractivity contribution is 0.0421. The Bertz CT molecular complexity index is 512. The van der Waals surface area contributed by atoms with Gasteiger partial charge in [0.05, 0.1) is 11.9 Å². The molecule has 0 aromatic carbocycles. The molecule has 0 radical (unpaired) electrons. The molecule has 116 valence electrons. The first-order chi connectivity index (χ1) is 9.95. The lowest BCUT2D eigenvalue weighted by atomic mass is 9.92. The molecule has 1 fully saturated rings. The zero-order chi connectivity index (χ0) is 15.5. The molecule has 21 heavy (non-hydrogen) atoms. The summed E-state index contributed by atoms with van der Waals surface area (Å²) in [6, 6.07) is 0. The second-order valence-electron chi connectivity index (χ2n) is 5.92. The first-order valence-electron chi connectivity index (χ1n) is 7.19. The highest BCUT2D eigenvalue weighted by Crippen LogP contribution is 2.22. The van der Waals surface area contributed by atoms with Crippen molar-refractivity contribution in [2.24, 2.45) is 5.84 Å². The largest absolute Gasteiger partial charge is 0.381 e. The number of hydrogen-bond acceptors (Lipinski definition) is 6. The van der Waals surface area contributed by atoms with Crippen LogP contribution in [-0.2, 0) is 4.74 Å². The van der Waals surface area contributed by atoms with Crippen LogP contribution in [0.1, 0.15) is 55.8 Å². The molecule has 0 atom stereocenters. The molecular weight excluding hydrogens is 270 g/mol. The molecule has 4 N–H and O–H groups in total. The highest BCUT2D eigenvalue weighted by atomic mass is 16.5. The molecule has 0 aliphatic carbocycles. The van der Waals surface area contributed by atoms with Crippen molar-refractivity contribution >= 4 is 11.6 Å². The van der Waals surface area contributed by atoms with E-state index in [1.165, 1.54) is 0 Å². The third-order valence-corrected chi connectivity index (χ3v) is 3.71. The minimum absolute atomic E-state index is 0.141. The molecular formula is C14H23N5O2. The van der Waals surface area contributed by atoms with Crippen LogP contribution in [0.25, 0.3) is 0 Å². The second kappa shape index (κ2) is 6.36. The fourth-order valence-electron chi connectivity index (χ4n) is 2.23. The van der Waals surface area contributed by atoms with Gasteiger partial charge in [0.25, 0.3) is 5.91 Å². The minimum atomic E-state index is -0.274. The average Bonchev–Trinajstić information content (AvgIpc) is 2.46. The number of carbonyl (C=O) groups excluding carboxylic acids is 1. The van der Waals surface area contributed by atoms with Gasteiger partial charge in [0.15, 0.2) is 5.69 Å². The van der Waals surface area contributed by atoms with Crippen LogP contribution >= 0.6 is 0 Å². The van der Waals surface area contributed by atoms with Gasteiger partial charge in [-0.05, 0) is 19.8 Å². The SMILES string of the molecule is CC(C)c1ncc(NN)c(C(=O)NC2(C)CCOCC2)n1. The fourth-order valence-corrected chi connectivity index (χ4v) is 2.23. The topological polar surface area (TPSA) is 102 Å².